The van der Waals surface area contributed by atoms with E-state index in [4.69, 9.17) is 10.8 Å². The van der Waals surface area contributed by atoms with Gasteiger partial charge in [-0.3, -0.25) is 4.79 Å². The van der Waals surface area contributed by atoms with Crippen LogP contribution in [0.15, 0.2) is 24.3 Å². The van der Waals surface area contributed by atoms with Crippen molar-refractivity contribution in [1.82, 2.24) is 9.97 Å². The minimum Gasteiger partial charge on any atom is -0.475 e. The second-order valence-electron chi connectivity index (χ2n) is 4.57. The van der Waals surface area contributed by atoms with Gasteiger partial charge in [0.25, 0.3) is 0 Å². The normalized spacial score (nSPS) is 10.5. The summed E-state index contributed by atoms with van der Waals surface area (Å²) in [4.78, 5) is 29.7. The highest BCUT2D eigenvalue weighted by atomic mass is 16.4. The van der Waals surface area contributed by atoms with Gasteiger partial charge < -0.3 is 16.2 Å². The number of nitrogens with two attached hydrogens (primary N) is 1. The number of para-hydroxylation sites is 1. The van der Waals surface area contributed by atoms with Crippen molar-refractivity contribution in [1.29, 1.82) is 0 Å². The number of hydrogen-bond acceptors (Lipinski definition) is 5. The van der Waals surface area contributed by atoms with Crippen molar-refractivity contribution in [2.75, 3.05) is 11.9 Å². The van der Waals surface area contributed by atoms with Gasteiger partial charge in [-0.15, -0.1) is 0 Å². The van der Waals surface area contributed by atoms with Crippen LogP contribution in [-0.2, 0) is 4.79 Å². The summed E-state index contributed by atoms with van der Waals surface area (Å²) in [6.45, 7) is 0.577. The molecule has 1 aromatic carbocycles. The largest absolute Gasteiger partial charge is 0.475 e. The molecule has 2 aromatic rings. The maximum Gasteiger partial charge on any atom is 0.374 e. The topological polar surface area (TPSA) is 118 Å². The molecule has 0 saturated heterocycles. The van der Waals surface area contributed by atoms with Gasteiger partial charge >= 0.3 is 5.97 Å². The number of aromatic nitrogens is 2. The molecule has 0 atom stereocenters. The van der Waals surface area contributed by atoms with Gasteiger partial charge in [0.15, 0.2) is 0 Å². The van der Waals surface area contributed by atoms with Crippen LogP contribution in [0.2, 0.25) is 0 Å². The summed E-state index contributed by atoms with van der Waals surface area (Å²) in [5.41, 5.74) is 5.64. The van der Waals surface area contributed by atoms with Crippen molar-refractivity contribution in [3.8, 4) is 0 Å². The summed E-state index contributed by atoms with van der Waals surface area (Å²) in [7, 11) is 0. The molecule has 0 aliphatic rings. The number of aromatic carboxylic acids is 1. The van der Waals surface area contributed by atoms with E-state index in [0.717, 1.165) is 11.8 Å². The molecule has 21 heavy (non-hydrogen) atoms. The number of unbranched alkanes of at least 4 members (excludes halogenated alkanes) is 1. The molecule has 0 spiro atoms. The number of carbonyl (C=O) groups excluding carboxylic acids is 1. The van der Waals surface area contributed by atoms with E-state index in [9.17, 15) is 9.59 Å². The molecule has 1 amide bonds. The van der Waals surface area contributed by atoms with Crippen molar-refractivity contribution < 1.29 is 14.7 Å². The molecule has 4 N–H and O–H groups in total. The van der Waals surface area contributed by atoms with Crippen LogP contribution < -0.4 is 11.1 Å². The van der Waals surface area contributed by atoms with E-state index in [1.807, 2.05) is 12.1 Å². The molecule has 0 aliphatic heterocycles. The Morgan fingerprint density at radius 3 is 2.67 bits per heavy atom. The van der Waals surface area contributed by atoms with Crippen molar-refractivity contribution in [2.45, 2.75) is 19.3 Å². The number of anilines is 1. The number of benzene rings is 1. The SMILES string of the molecule is NC(=O)CCCCNc1nc(C(=O)O)nc2ccccc12. The monoisotopic (exact) mass is 288 g/mol. The van der Waals surface area contributed by atoms with Gasteiger partial charge in [0.05, 0.1) is 5.52 Å². The number of hydrogen-bond donors (Lipinski definition) is 3. The lowest BCUT2D eigenvalue weighted by atomic mass is 10.2. The van der Waals surface area contributed by atoms with E-state index < -0.39 is 5.97 Å². The van der Waals surface area contributed by atoms with Crippen LogP contribution in [0, 0.1) is 0 Å². The molecule has 1 heterocycles. The Balaban J connectivity index is 2.13. The Kier molecular flexibility index (Phi) is 4.65. The number of nitrogens with one attached hydrogen (secondary N) is 1. The van der Waals surface area contributed by atoms with Crippen molar-refractivity contribution in [3.05, 3.63) is 30.1 Å². The second-order valence-corrected chi connectivity index (χ2v) is 4.57. The van der Waals surface area contributed by atoms with Crippen LogP contribution in [0.5, 0.6) is 0 Å². The lowest BCUT2D eigenvalue weighted by molar-refractivity contribution is -0.118. The summed E-state index contributed by atoms with van der Waals surface area (Å²) in [5.74, 6) is -1.25. The maximum absolute atomic E-state index is 11.0. The zero-order valence-electron chi connectivity index (χ0n) is 11.4. The molecular formula is C14H16N4O3. The Bertz CT molecular complexity index is 672. The van der Waals surface area contributed by atoms with E-state index in [1.54, 1.807) is 12.1 Å². The first-order chi connectivity index (χ1) is 10.1. The van der Waals surface area contributed by atoms with Gasteiger partial charge in [-0.2, -0.15) is 0 Å². The summed E-state index contributed by atoms with van der Waals surface area (Å²) in [6, 6.07) is 7.19. The van der Waals surface area contributed by atoms with E-state index in [-0.39, 0.29) is 11.7 Å². The van der Waals surface area contributed by atoms with Crippen molar-refractivity contribution in [3.63, 3.8) is 0 Å². The van der Waals surface area contributed by atoms with E-state index in [2.05, 4.69) is 15.3 Å². The fourth-order valence-electron chi connectivity index (χ4n) is 1.94. The molecule has 0 saturated carbocycles. The van der Waals surface area contributed by atoms with Gasteiger partial charge in [0, 0.05) is 18.4 Å². The molecule has 7 heteroatoms. The zero-order valence-corrected chi connectivity index (χ0v) is 11.4. The molecule has 1 aromatic heterocycles. The number of carbonyl (C=O) groups is 2. The van der Waals surface area contributed by atoms with Gasteiger partial charge in [-0.05, 0) is 25.0 Å². The molecule has 7 nitrogen and oxygen atoms in total. The van der Waals surface area contributed by atoms with Crippen LogP contribution in [0.25, 0.3) is 10.9 Å². The third-order valence-corrected chi connectivity index (χ3v) is 2.94. The minimum atomic E-state index is -1.17. The number of carboxylic acids is 1. The third kappa shape index (κ3) is 3.88. The molecule has 0 unspecified atom stereocenters. The first-order valence-corrected chi connectivity index (χ1v) is 6.60. The molecule has 110 valence electrons. The Hall–Kier alpha value is -2.70. The first kappa shape index (κ1) is 14.7. The van der Waals surface area contributed by atoms with E-state index in [1.165, 1.54) is 0 Å². The van der Waals surface area contributed by atoms with Crippen molar-refractivity contribution >= 4 is 28.6 Å². The second kappa shape index (κ2) is 6.65. The highest BCUT2D eigenvalue weighted by molar-refractivity contribution is 5.93. The molecule has 0 fully saturated rings. The van der Waals surface area contributed by atoms with Crippen LogP contribution in [-0.4, -0.2) is 33.5 Å². The highest BCUT2D eigenvalue weighted by Gasteiger charge is 2.12. The Morgan fingerprint density at radius 2 is 1.95 bits per heavy atom. The third-order valence-electron chi connectivity index (χ3n) is 2.94. The quantitative estimate of drug-likeness (QED) is 0.663. The molecule has 2 rings (SSSR count). The van der Waals surface area contributed by atoms with Gasteiger partial charge in [-0.25, -0.2) is 14.8 Å². The van der Waals surface area contributed by atoms with Gasteiger partial charge in [0.2, 0.25) is 11.7 Å². The molecule has 0 radical (unpaired) electrons. The number of rotatable bonds is 7. The average Bonchev–Trinajstić information content (AvgIpc) is 2.46. The van der Waals surface area contributed by atoms with Crippen LogP contribution in [0.3, 0.4) is 0 Å². The van der Waals surface area contributed by atoms with Crippen LogP contribution >= 0.6 is 0 Å². The highest BCUT2D eigenvalue weighted by Crippen LogP contribution is 2.20. The van der Waals surface area contributed by atoms with Crippen LogP contribution in [0.4, 0.5) is 5.82 Å². The minimum absolute atomic E-state index is 0.242. The van der Waals surface area contributed by atoms with Crippen LogP contribution in [0.1, 0.15) is 29.9 Å². The number of fused-ring (bicyclic) bond motifs is 1. The predicted molar refractivity (Wildman–Crippen MR) is 78.0 cm³/mol. The van der Waals surface area contributed by atoms with Crippen molar-refractivity contribution in [2.24, 2.45) is 5.73 Å². The maximum atomic E-state index is 11.0. The smallest absolute Gasteiger partial charge is 0.374 e. The van der Waals surface area contributed by atoms with E-state index in [0.29, 0.717) is 30.7 Å². The molecule has 0 bridgehead atoms. The number of carboxylic acid groups (broad SMARTS) is 1. The number of amides is 1. The lowest BCUT2D eigenvalue weighted by Crippen LogP contribution is -2.12. The Labute approximate surface area is 121 Å². The Morgan fingerprint density at radius 1 is 1.19 bits per heavy atom. The average molecular weight is 288 g/mol. The fraction of sp³-hybridized carbons (Fsp3) is 0.286. The summed E-state index contributed by atoms with van der Waals surface area (Å²) < 4.78 is 0. The predicted octanol–water partition coefficient (Wildman–Crippen LogP) is 1.40. The van der Waals surface area contributed by atoms with Gasteiger partial charge in [-0.1, -0.05) is 12.1 Å². The summed E-state index contributed by atoms with van der Waals surface area (Å²) in [5, 5.41) is 12.9. The number of primary amides is 1. The molecular weight excluding hydrogens is 272 g/mol. The van der Waals surface area contributed by atoms with Gasteiger partial charge in [0.1, 0.15) is 5.82 Å². The molecule has 0 aliphatic carbocycles. The lowest BCUT2D eigenvalue weighted by Gasteiger charge is -2.09. The standard InChI is InChI=1S/C14H16N4O3/c15-11(19)7-3-4-8-16-12-9-5-1-2-6-10(9)17-13(18-12)14(20)21/h1-2,5-6H,3-4,7-8H2,(H2,15,19)(H,20,21)(H,16,17,18). The summed E-state index contributed by atoms with van der Waals surface area (Å²) in [6.07, 6.45) is 1.76. The first-order valence-electron chi connectivity index (χ1n) is 6.60. The zero-order chi connectivity index (χ0) is 15.2. The summed E-state index contributed by atoms with van der Waals surface area (Å²) >= 11 is 0. The fourth-order valence-corrected chi connectivity index (χ4v) is 1.94. The van der Waals surface area contributed by atoms with E-state index >= 15 is 0 Å². The number of nitrogens with zero attached hydrogens (tertiary/aromatic N) is 2.